The van der Waals surface area contributed by atoms with Crippen LogP contribution in [0.1, 0.15) is 62.9 Å². The molecule has 1 heterocycles. The lowest BCUT2D eigenvalue weighted by molar-refractivity contribution is 0.0131. The van der Waals surface area contributed by atoms with Crippen molar-refractivity contribution < 1.29 is 5.11 Å². The molecular weight excluding hydrogens is 314 g/mol. The van der Waals surface area contributed by atoms with Gasteiger partial charge in [0.25, 0.3) is 0 Å². The summed E-state index contributed by atoms with van der Waals surface area (Å²) in [6.45, 7) is 9.68. The number of aliphatic hydroxyl groups is 1. The maximum absolute atomic E-state index is 10.7. The molecule has 6 nitrogen and oxygen atoms in total. The third-order valence-corrected chi connectivity index (χ3v) is 5.21. The highest BCUT2D eigenvalue weighted by Crippen LogP contribution is 2.28. The molecule has 1 aromatic heterocycles. The molecule has 2 rings (SSSR count). The van der Waals surface area contributed by atoms with Crippen molar-refractivity contribution in [3.8, 4) is 0 Å². The lowest BCUT2D eigenvalue weighted by atomic mass is 9.85. The molecule has 0 saturated heterocycles. The lowest BCUT2D eigenvalue weighted by Crippen LogP contribution is -2.44. The maximum atomic E-state index is 10.7. The molecule has 0 radical (unpaired) electrons. The van der Waals surface area contributed by atoms with Crippen LogP contribution in [0.25, 0.3) is 0 Å². The first kappa shape index (κ1) is 19.8. The quantitative estimate of drug-likeness (QED) is 0.544. The monoisotopic (exact) mass is 349 g/mol. The molecule has 0 amide bonds. The Morgan fingerprint density at radius 1 is 1.32 bits per heavy atom. The van der Waals surface area contributed by atoms with Crippen LogP contribution >= 0.6 is 0 Å². The third-order valence-electron chi connectivity index (χ3n) is 5.21. The molecule has 1 saturated carbocycles. The smallest absolute Gasteiger partial charge is 0.191 e. The second kappa shape index (κ2) is 8.70. The minimum atomic E-state index is -0.625. The van der Waals surface area contributed by atoms with Gasteiger partial charge in [-0.2, -0.15) is 5.10 Å². The van der Waals surface area contributed by atoms with Gasteiger partial charge in [-0.05, 0) is 52.5 Å². The van der Waals surface area contributed by atoms with Crippen LogP contribution in [0.5, 0.6) is 0 Å². The van der Waals surface area contributed by atoms with Crippen molar-refractivity contribution in [1.29, 1.82) is 0 Å². The zero-order chi connectivity index (χ0) is 18.4. The molecule has 0 bridgehead atoms. The van der Waals surface area contributed by atoms with Crippen molar-refractivity contribution in [3.05, 3.63) is 17.0 Å². The van der Waals surface area contributed by atoms with Gasteiger partial charge in [0, 0.05) is 25.3 Å². The van der Waals surface area contributed by atoms with E-state index in [1.54, 1.807) is 0 Å². The van der Waals surface area contributed by atoms with Crippen LogP contribution in [0.3, 0.4) is 0 Å². The first-order valence-electron chi connectivity index (χ1n) is 9.61. The first-order chi connectivity index (χ1) is 11.8. The molecule has 1 atom stereocenters. The van der Waals surface area contributed by atoms with Gasteiger partial charge in [-0.25, -0.2) is 0 Å². The van der Waals surface area contributed by atoms with Crippen LogP contribution in [0.15, 0.2) is 4.99 Å². The van der Waals surface area contributed by atoms with Crippen molar-refractivity contribution in [2.45, 2.75) is 77.9 Å². The second-order valence-corrected chi connectivity index (χ2v) is 7.50. The molecule has 0 spiro atoms. The van der Waals surface area contributed by atoms with Crippen LogP contribution in [-0.2, 0) is 13.5 Å². The van der Waals surface area contributed by atoms with E-state index < -0.39 is 5.60 Å². The molecule has 25 heavy (non-hydrogen) atoms. The molecule has 6 heteroatoms. The number of aromatic nitrogens is 2. The van der Waals surface area contributed by atoms with Crippen LogP contribution in [-0.4, -0.2) is 45.6 Å². The van der Waals surface area contributed by atoms with Gasteiger partial charge in [0.1, 0.15) is 0 Å². The van der Waals surface area contributed by atoms with Gasteiger partial charge in [-0.3, -0.25) is 9.67 Å². The van der Waals surface area contributed by atoms with Crippen LogP contribution < -0.4 is 10.6 Å². The summed E-state index contributed by atoms with van der Waals surface area (Å²) in [5.41, 5.74) is 2.97. The minimum Gasteiger partial charge on any atom is -0.388 e. The summed E-state index contributed by atoms with van der Waals surface area (Å²) in [5, 5.41) is 21.9. The van der Waals surface area contributed by atoms with Gasteiger partial charge < -0.3 is 15.7 Å². The predicted octanol–water partition coefficient (Wildman–Crippen LogP) is 2.22. The van der Waals surface area contributed by atoms with E-state index in [1.165, 1.54) is 17.7 Å². The normalized spacial score (nSPS) is 18.9. The standard InChI is InChI=1S/C19H35N5O/c1-6-20-18(21-13-19(25)10-8-7-9-11-19)22-14(2)12-17-15(3)23-24(5)16(17)4/h14,25H,6-13H2,1-5H3,(H2,20,21,22). The van der Waals surface area contributed by atoms with Crippen molar-refractivity contribution in [3.63, 3.8) is 0 Å². The van der Waals surface area contributed by atoms with Crippen molar-refractivity contribution >= 4 is 5.96 Å². The summed E-state index contributed by atoms with van der Waals surface area (Å²) < 4.78 is 1.94. The Labute approximate surface area is 152 Å². The van der Waals surface area contributed by atoms with Gasteiger partial charge in [0.15, 0.2) is 5.96 Å². The zero-order valence-electron chi connectivity index (χ0n) is 16.5. The predicted molar refractivity (Wildman–Crippen MR) is 103 cm³/mol. The highest BCUT2D eigenvalue weighted by Gasteiger charge is 2.29. The van der Waals surface area contributed by atoms with Crippen LogP contribution in [0, 0.1) is 13.8 Å². The van der Waals surface area contributed by atoms with Gasteiger partial charge in [-0.1, -0.05) is 19.3 Å². The molecule has 0 aliphatic heterocycles. The minimum absolute atomic E-state index is 0.236. The number of aryl methyl sites for hydroxylation is 2. The van der Waals surface area contributed by atoms with E-state index >= 15 is 0 Å². The fourth-order valence-corrected chi connectivity index (χ4v) is 3.62. The summed E-state index contributed by atoms with van der Waals surface area (Å²) in [5.74, 6) is 0.785. The Balaban J connectivity index is 1.98. The van der Waals surface area contributed by atoms with Crippen LogP contribution in [0.2, 0.25) is 0 Å². The second-order valence-electron chi connectivity index (χ2n) is 7.50. The van der Waals surface area contributed by atoms with Crippen molar-refractivity contribution in [2.24, 2.45) is 12.0 Å². The molecule has 0 aromatic carbocycles. The summed E-state index contributed by atoms with van der Waals surface area (Å²) >= 11 is 0. The summed E-state index contributed by atoms with van der Waals surface area (Å²) in [4.78, 5) is 4.66. The van der Waals surface area contributed by atoms with Gasteiger partial charge in [0.2, 0.25) is 0 Å². The number of aliphatic imine (C=N–C) groups is 1. The average molecular weight is 350 g/mol. The highest BCUT2D eigenvalue weighted by atomic mass is 16.3. The van der Waals surface area contributed by atoms with Crippen molar-refractivity contribution in [2.75, 3.05) is 13.1 Å². The topological polar surface area (TPSA) is 74.5 Å². The Morgan fingerprint density at radius 2 is 2.00 bits per heavy atom. The number of guanidine groups is 1. The van der Waals surface area contributed by atoms with E-state index in [-0.39, 0.29) is 6.04 Å². The molecule has 1 aliphatic carbocycles. The van der Waals surface area contributed by atoms with E-state index in [9.17, 15) is 5.11 Å². The lowest BCUT2D eigenvalue weighted by Gasteiger charge is -2.30. The molecule has 1 fully saturated rings. The van der Waals surface area contributed by atoms with Crippen molar-refractivity contribution in [1.82, 2.24) is 20.4 Å². The fourth-order valence-electron chi connectivity index (χ4n) is 3.62. The fraction of sp³-hybridized carbons (Fsp3) is 0.789. The SMILES string of the molecule is CCNC(=NCC1(O)CCCCC1)NC(C)Cc1c(C)nn(C)c1C. The molecule has 3 N–H and O–H groups in total. The van der Waals surface area contributed by atoms with E-state index in [0.29, 0.717) is 6.54 Å². The number of nitrogens with one attached hydrogen (secondary N) is 2. The van der Waals surface area contributed by atoms with Gasteiger partial charge >= 0.3 is 0 Å². The molecule has 1 unspecified atom stereocenters. The number of hydrogen-bond acceptors (Lipinski definition) is 3. The summed E-state index contributed by atoms with van der Waals surface area (Å²) in [6, 6.07) is 0.236. The van der Waals surface area contributed by atoms with E-state index in [0.717, 1.165) is 50.3 Å². The molecular formula is C19H35N5O. The van der Waals surface area contributed by atoms with Gasteiger partial charge in [0.05, 0.1) is 17.8 Å². The highest BCUT2D eigenvalue weighted by molar-refractivity contribution is 5.80. The Morgan fingerprint density at radius 3 is 2.56 bits per heavy atom. The maximum Gasteiger partial charge on any atom is 0.191 e. The largest absolute Gasteiger partial charge is 0.388 e. The third kappa shape index (κ3) is 5.46. The number of hydrogen-bond donors (Lipinski definition) is 3. The van der Waals surface area contributed by atoms with Crippen LogP contribution in [0.4, 0.5) is 0 Å². The number of nitrogens with zero attached hydrogens (tertiary/aromatic N) is 3. The molecule has 1 aromatic rings. The Bertz CT molecular complexity index is 587. The first-order valence-corrected chi connectivity index (χ1v) is 9.61. The molecule has 1 aliphatic rings. The molecule has 142 valence electrons. The van der Waals surface area contributed by atoms with E-state index in [2.05, 4.69) is 48.4 Å². The Hall–Kier alpha value is -1.56. The summed E-state index contributed by atoms with van der Waals surface area (Å²) in [7, 11) is 1.99. The average Bonchev–Trinajstić information content (AvgIpc) is 2.80. The van der Waals surface area contributed by atoms with E-state index in [1.807, 2.05) is 11.7 Å². The summed E-state index contributed by atoms with van der Waals surface area (Å²) in [6.07, 6.45) is 6.06. The Kier molecular flexibility index (Phi) is 6.87. The van der Waals surface area contributed by atoms with E-state index in [4.69, 9.17) is 0 Å². The number of rotatable bonds is 6. The zero-order valence-corrected chi connectivity index (χ0v) is 16.5. The van der Waals surface area contributed by atoms with Gasteiger partial charge in [-0.15, -0.1) is 0 Å².